The van der Waals surface area contributed by atoms with Crippen LogP contribution >= 0.6 is 0 Å². The smallest absolute Gasteiger partial charge is 0.0324 e. The fraction of sp³-hybridized carbons (Fsp3) is 1.00. The third-order valence-corrected chi connectivity index (χ3v) is 2.77. The van der Waals surface area contributed by atoms with Gasteiger partial charge in [0.2, 0.25) is 0 Å². The summed E-state index contributed by atoms with van der Waals surface area (Å²) in [5.41, 5.74) is 6.03. The van der Waals surface area contributed by atoms with Gasteiger partial charge < -0.3 is 11.1 Å². The molecule has 72 valence electrons. The number of likely N-dealkylation sites (N-methyl/N-ethyl adjacent to an activating group) is 1. The van der Waals surface area contributed by atoms with Gasteiger partial charge >= 0.3 is 0 Å². The van der Waals surface area contributed by atoms with Gasteiger partial charge in [0.15, 0.2) is 0 Å². The van der Waals surface area contributed by atoms with E-state index in [9.17, 15) is 0 Å². The molecule has 3 N–H and O–H groups in total. The van der Waals surface area contributed by atoms with Gasteiger partial charge in [0, 0.05) is 18.6 Å². The molecule has 0 saturated carbocycles. The highest BCUT2D eigenvalue weighted by atomic mass is 15.2. The van der Waals surface area contributed by atoms with E-state index in [1.165, 1.54) is 6.42 Å². The summed E-state index contributed by atoms with van der Waals surface area (Å²) in [6.45, 7) is 8.75. The Labute approximate surface area is 75.3 Å². The Morgan fingerprint density at radius 1 is 1.42 bits per heavy atom. The third-order valence-electron chi connectivity index (χ3n) is 2.77. The number of nitrogens with two attached hydrogens (primary N) is 1. The standard InChI is InChI=1S/C9H21N3/c1-3-12(4-2)9-5-6-11-7-8(9)10/h8-9,11H,3-7,10H2,1-2H3. The highest BCUT2D eigenvalue weighted by molar-refractivity contribution is 4.87. The highest BCUT2D eigenvalue weighted by Gasteiger charge is 2.25. The molecule has 1 aliphatic heterocycles. The second-order valence-corrected chi connectivity index (χ2v) is 3.45. The second kappa shape index (κ2) is 4.80. The zero-order valence-electron chi connectivity index (χ0n) is 8.21. The maximum absolute atomic E-state index is 6.03. The monoisotopic (exact) mass is 171 g/mol. The summed E-state index contributed by atoms with van der Waals surface area (Å²) < 4.78 is 0. The normalized spacial score (nSPS) is 31.0. The number of hydrogen-bond acceptors (Lipinski definition) is 3. The Morgan fingerprint density at radius 3 is 2.58 bits per heavy atom. The lowest BCUT2D eigenvalue weighted by Gasteiger charge is -2.37. The number of piperidine rings is 1. The van der Waals surface area contributed by atoms with Crippen LogP contribution in [0.3, 0.4) is 0 Å². The predicted molar refractivity (Wildman–Crippen MR) is 52.2 cm³/mol. The van der Waals surface area contributed by atoms with E-state index in [4.69, 9.17) is 5.73 Å². The van der Waals surface area contributed by atoms with Crippen molar-refractivity contribution in [3.8, 4) is 0 Å². The minimum atomic E-state index is 0.318. The SMILES string of the molecule is CCN(CC)C1CCNCC1N. The van der Waals surface area contributed by atoms with E-state index in [1.807, 2.05) is 0 Å². The van der Waals surface area contributed by atoms with Crippen LogP contribution in [0.15, 0.2) is 0 Å². The van der Waals surface area contributed by atoms with E-state index in [0.29, 0.717) is 12.1 Å². The quantitative estimate of drug-likeness (QED) is 0.629. The van der Waals surface area contributed by atoms with E-state index >= 15 is 0 Å². The summed E-state index contributed by atoms with van der Waals surface area (Å²) in [5, 5.41) is 3.32. The number of rotatable bonds is 3. The Balaban J connectivity index is 2.45. The summed E-state index contributed by atoms with van der Waals surface area (Å²) in [7, 11) is 0. The molecule has 1 fully saturated rings. The van der Waals surface area contributed by atoms with Crippen molar-refractivity contribution in [2.75, 3.05) is 26.2 Å². The lowest BCUT2D eigenvalue weighted by atomic mass is 10.00. The zero-order valence-corrected chi connectivity index (χ0v) is 8.21. The summed E-state index contributed by atoms with van der Waals surface area (Å²) >= 11 is 0. The fourth-order valence-electron chi connectivity index (χ4n) is 2.01. The third kappa shape index (κ3) is 2.19. The first kappa shape index (κ1) is 9.96. The van der Waals surface area contributed by atoms with E-state index in [1.54, 1.807) is 0 Å². The first-order chi connectivity index (χ1) is 5.79. The molecule has 1 rings (SSSR count). The van der Waals surface area contributed by atoms with Gasteiger partial charge in [0.1, 0.15) is 0 Å². The van der Waals surface area contributed by atoms with Gasteiger partial charge in [-0.25, -0.2) is 0 Å². The maximum Gasteiger partial charge on any atom is 0.0324 e. The van der Waals surface area contributed by atoms with Crippen LogP contribution in [0.1, 0.15) is 20.3 Å². The Kier molecular flexibility index (Phi) is 3.98. The van der Waals surface area contributed by atoms with E-state index in [0.717, 1.165) is 26.2 Å². The van der Waals surface area contributed by atoms with Crippen LogP contribution in [0.2, 0.25) is 0 Å². The molecule has 0 aromatic carbocycles. The van der Waals surface area contributed by atoms with Crippen molar-refractivity contribution >= 4 is 0 Å². The van der Waals surface area contributed by atoms with E-state index < -0.39 is 0 Å². The average molecular weight is 171 g/mol. The molecule has 0 spiro atoms. The van der Waals surface area contributed by atoms with Crippen LogP contribution in [0.4, 0.5) is 0 Å². The molecule has 2 unspecified atom stereocenters. The molecular formula is C9H21N3. The topological polar surface area (TPSA) is 41.3 Å². The Morgan fingerprint density at radius 2 is 2.08 bits per heavy atom. The van der Waals surface area contributed by atoms with Crippen LogP contribution in [0.25, 0.3) is 0 Å². The van der Waals surface area contributed by atoms with Gasteiger partial charge in [0.05, 0.1) is 0 Å². The first-order valence-electron chi connectivity index (χ1n) is 5.00. The lowest BCUT2D eigenvalue weighted by molar-refractivity contribution is 0.158. The number of nitrogens with one attached hydrogen (secondary N) is 1. The van der Waals surface area contributed by atoms with E-state index in [-0.39, 0.29) is 0 Å². The van der Waals surface area contributed by atoms with Crippen molar-refractivity contribution in [1.29, 1.82) is 0 Å². The van der Waals surface area contributed by atoms with Crippen molar-refractivity contribution in [1.82, 2.24) is 10.2 Å². The molecule has 2 atom stereocenters. The van der Waals surface area contributed by atoms with Gasteiger partial charge in [-0.05, 0) is 26.1 Å². The average Bonchev–Trinajstić information content (AvgIpc) is 2.10. The molecule has 0 bridgehead atoms. The minimum absolute atomic E-state index is 0.318. The van der Waals surface area contributed by atoms with Crippen molar-refractivity contribution in [3.63, 3.8) is 0 Å². The molecule has 3 heteroatoms. The molecule has 0 aromatic rings. The Bertz CT molecular complexity index is 123. The Hall–Kier alpha value is -0.120. The van der Waals surface area contributed by atoms with Crippen LogP contribution < -0.4 is 11.1 Å². The maximum atomic E-state index is 6.03. The van der Waals surface area contributed by atoms with Crippen molar-refractivity contribution in [2.45, 2.75) is 32.4 Å². The number of hydrogen-bond donors (Lipinski definition) is 2. The van der Waals surface area contributed by atoms with Crippen LogP contribution in [0, 0.1) is 0 Å². The van der Waals surface area contributed by atoms with Gasteiger partial charge in [0.25, 0.3) is 0 Å². The molecule has 12 heavy (non-hydrogen) atoms. The van der Waals surface area contributed by atoms with Crippen molar-refractivity contribution < 1.29 is 0 Å². The van der Waals surface area contributed by atoms with Crippen LogP contribution in [-0.4, -0.2) is 43.2 Å². The summed E-state index contributed by atoms with van der Waals surface area (Å²) in [5.74, 6) is 0. The predicted octanol–water partition coefficient (Wildman–Crippen LogP) is 0.0174. The second-order valence-electron chi connectivity index (χ2n) is 3.45. The molecule has 1 aliphatic rings. The zero-order chi connectivity index (χ0) is 8.97. The molecular weight excluding hydrogens is 150 g/mol. The van der Waals surface area contributed by atoms with Crippen molar-refractivity contribution in [2.24, 2.45) is 5.73 Å². The highest BCUT2D eigenvalue weighted by Crippen LogP contribution is 2.09. The molecule has 1 heterocycles. The van der Waals surface area contributed by atoms with Gasteiger partial charge in [-0.2, -0.15) is 0 Å². The molecule has 0 radical (unpaired) electrons. The van der Waals surface area contributed by atoms with Crippen LogP contribution in [0.5, 0.6) is 0 Å². The molecule has 3 nitrogen and oxygen atoms in total. The molecule has 1 saturated heterocycles. The summed E-state index contributed by atoms with van der Waals surface area (Å²) in [4.78, 5) is 2.46. The summed E-state index contributed by atoms with van der Waals surface area (Å²) in [6, 6.07) is 0.917. The van der Waals surface area contributed by atoms with Gasteiger partial charge in [-0.3, -0.25) is 4.90 Å². The van der Waals surface area contributed by atoms with Crippen LogP contribution in [-0.2, 0) is 0 Å². The first-order valence-corrected chi connectivity index (χ1v) is 5.00. The largest absolute Gasteiger partial charge is 0.325 e. The van der Waals surface area contributed by atoms with E-state index in [2.05, 4.69) is 24.1 Å². The van der Waals surface area contributed by atoms with Crippen molar-refractivity contribution in [3.05, 3.63) is 0 Å². The molecule has 0 amide bonds. The fourth-order valence-corrected chi connectivity index (χ4v) is 2.01. The molecule has 0 aromatic heterocycles. The summed E-state index contributed by atoms with van der Waals surface area (Å²) in [6.07, 6.45) is 1.20. The van der Waals surface area contributed by atoms with Gasteiger partial charge in [-0.1, -0.05) is 13.8 Å². The minimum Gasteiger partial charge on any atom is -0.325 e. The lowest BCUT2D eigenvalue weighted by Crippen LogP contribution is -2.56. The number of nitrogens with zero attached hydrogens (tertiary/aromatic N) is 1. The van der Waals surface area contributed by atoms with Gasteiger partial charge in [-0.15, -0.1) is 0 Å². The molecule has 0 aliphatic carbocycles.